The van der Waals surface area contributed by atoms with E-state index in [1.54, 1.807) is 0 Å². The van der Waals surface area contributed by atoms with Crippen LogP contribution in [0.5, 0.6) is 0 Å². The van der Waals surface area contributed by atoms with Gasteiger partial charge in [0, 0.05) is 46.4 Å². The molecule has 2 atom stereocenters. The molecule has 3 aliphatic heterocycles. The van der Waals surface area contributed by atoms with Gasteiger partial charge in [-0.3, -0.25) is 9.98 Å². The Morgan fingerprint density at radius 3 is 2.75 bits per heavy atom. The van der Waals surface area contributed by atoms with Gasteiger partial charge in [-0.25, -0.2) is 0 Å². The predicted octanol–water partition coefficient (Wildman–Crippen LogP) is 1.66. The molecule has 0 amide bonds. The second-order valence-corrected chi connectivity index (χ2v) is 6.52. The van der Waals surface area contributed by atoms with Gasteiger partial charge in [-0.2, -0.15) is 0 Å². The summed E-state index contributed by atoms with van der Waals surface area (Å²) in [4.78, 5) is 16.5. The van der Waals surface area contributed by atoms with Crippen LogP contribution in [-0.2, 0) is 6.42 Å². The zero-order valence-corrected chi connectivity index (χ0v) is 13.2. The van der Waals surface area contributed by atoms with Crippen LogP contribution in [0.1, 0.15) is 17.8 Å². The molecule has 0 aromatic carbocycles. The lowest BCUT2D eigenvalue weighted by Crippen LogP contribution is -2.12. The minimum Gasteiger partial charge on any atom is -0.359 e. The van der Waals surface area contributed by atoms with Crippen LogP contribution in [0.15, 0.2) is 58.6 Å². The zero-order valence-electron chi connectivity index (χ0n) is 13.2. The number of allylic oxidation sites excluding steroid dienone is 2. The number of H-pyrrole nitrogens is 2. The van der Waals surface area contributed by atoms with Crippen LogP contribution in [0, 0.1) is 0 Å². The highest BCUT2D eigenvalue weighted by Crippen LogP contribution is 2.16. The van der Waals surface area contributed by atoms with Crippen LogP contribution in [0.2, 0.25) is 0 Å². The first-order valence-corrected chi connectivity index (χ1v) is 8.36. The molecule has 0 spiro atoms. The molecular formula is C20H18N4. The van der Waals surface area contributed by atoms with E-state index >= 15 is 0 Å². The van der Waals surface area contributed by atoms with E-state index in [0.717, 1.165) is 40.7 Å². The molecule has 0 radical (unpaired) electrons. The van der Waals surface area contributed by atoms with Gasteiger partial charge in [0.2, 0.25) is 0 Å². The van der Waals surface area contributed by atoms with Crippen LogP contribution >= 0.6 is 0 Å². The predicted molar refractivity (Wildman–Crippen MR) is 97.9 cm³/mol. The lowest BCUT2D eigenvalue weighted by Gasteiger charge is -2.03. The molecule has 118 valence electrons. The Morgan fingerprint density at radius 1 is 0.875 bits per heavy atom. The van der Waals surface area contributed by atoms with Gasteiger partial charge < -0.3 is 9.97 Å². The zero-order chi connectivity index (χ0) is 15.9. The average Bonchev–Trinajstić information content (AvgIpc) is 3.32. The number of nitrogens with one attached hydrogen (secondary N) is 2. The van der Waals surface area contributed by atoms with Crippen molar-refractivity contribution in [3.05, 3.63) is 70.7 Å². The van der Waals surface area contributed by atoms with Crippen LogP contribution in [0.3, 0.4) is 0 Å². The molecule has 5 rings (SSSR count). The summed E-state index contributed by atoms with van der Waals surface area (Å²) in [5, 5.41) is 2.19. The molecule has 4 heteroatoms. The maximum Gasteiger partial charge on any atom is 0.0891 e. The second-order valence-electron chi connectivity index (χ2n) is 6.52. The minimum atomic E-state index is 0.110. The van der Waals surface area contributed by atoms with E-state index in [9.17, 15) is 0 Å². The molecule has 2 aromatic heterocycles. The van der Waals surface area contributed by atoms with Crippen molar-refractivity contribution >= 4 is 23.6 Å². The summed E-state index contributed by atoms with van der Waals surface area (Å²) in [7, 11) is 0. The van der Waals surface area contributed by atoms with Crippen molar-refractivity contribution in [3.8, 4) is 0 Å². The molecule has 0 fully saturated rings. The average molecular weight is 314 g/mol. The first-order chi connectivity index (χ1) is 11.8. The highest BCUT2D eigenvalue weighted by Gasteiger charge is 2.16. The highest BCUT2D eigenvalue weighted by molar-refractivity contribution is 6.15. The van der Waals surface area contributed by atoms with E-state index in [1.807, 2.05) is 0 Å². The Kier molecular flexibility index (Phi) is 3.01. The van der Waals surface area contributed by atoms with E-state index in [0.29, 0.717) is 0 Å². The molecule has 4 nitrogen and oxygen atoms in total. The highest BCUT2D eigenvalue weighted by atomic mass is 14.9. The number of rotatable bonds is 0. The van der Waals surface area contributed by atoms with Crippen molar-refractivity contribution in [2.75, 3.05) is 0 Å². The summed E-state index contributed by atoms with van der Waals surface area (Å²) in [6, 6.07) is 8.81. The maximum atomic E-state index is 4.82. The Morgan fingerprint density at radius 2 is 1.75 bits per heavy atom. The number of aliphatic imine (C=N–C) groups is 2. The van der Waals surface area contributed by atoms with E-state index in [-0.39, 0.29) is 12.1 Å². The summed E-state index contributed by atoms with van der Waals surface area (Å²) in [6.07, 6.45) is 14.6. The van der Waals surface area contributed by atoms with Crippen LogP contribution in [0.25, 0.3) is 12.2 Å². The normalized spacial score (nSPS) is 24.3. The molecule has 0 aliphatic carbocycles. The van der Waals surface area contributed by atoms with Crippen molar-refractivity contribution in [1.29, 1.82) is 0 Å². The molecule has 0 saturated heterocycles. The second kappa shape index (κ2) is 5.34. The monoisotopic (exact) mass is 314 g/mol. The van der Waals surface area contributed by atoms with Gasteiger partial charge in [0.05, 0.1) is 12.1 Å². The fourth-order valence-corrected chi connectivity index (χ4v) is 3.46. The number of fused-ring (bicyclic) bond motifs is 6. The van der Waals surface area contributed by atoms with Crippen LogP contribution in [0.4, 0.5) is 0 Å². The lowest BCUT2D eigenvalue weighted by atomic mass is 10.1. The molecule has 2 unspecified atom stereocenters. The Balaban J connectivity index is 1.60. The summed E-state index contributed by atoms with van der Waals surface area (Å²) in [5.41, 5.74) is 4.55. The van der Waals surface area contributed by atoms with E-state index in [2.05, 4.69) is 70.7 Å². The molecular weight excluding hydrogens is 296 g/mol. The Labute approximate surface area is 139 Å². The van der Waals surface area contributed by atoms with Gasteiger partial charge in [-0.05, 0) is 48.6 Å². The van der Waals surface area contributed by atoms with Crippen LogP contribution < -0.4 is 10.7 Å². The van der Waals surface area contributed by atoms with Gasteiger partial charge in [0.1, 0.15) is 0 Å². The quantitative estimate of drug-likeness (QED) is 0.743. The largest absolute Gasteiger partial charge is 0.359 e. The maximum absolute atomic E-state index is 4.82. The summed E-state index contributed by atoms with van der Waals surface area (Å²) in [5.74, 6) is 0. The van der Waals surface area contributed by atoms with Gasteiger partial charge in [0.15, 0.2) is 0 Å². The third-order valence-electron chi connectivity index (χ3n) is 4.60. The smallest absolute Gasteiger partial charge is 0.0891 e. The van der Waals surface area contributed by atoms with Crippen molar-refractivity contribution in [2.45, 2.75) is 24.9 Å². The molecule has 0 saturated carbocycles. The first-order valence-electron chi connectivity index (χ1n) is 8.36. The molecule has 24 heavy (non-hydrogen) atoms. The van der Waals surface area contributed by atoms with E-state index in [1.165, 1.54) is 5.69 Å². The van der Waals surface area contributed by atoms with Crippen molar-refractivity contribution < 1.29 is 0 Å². The first kappa shape index (κ1) is 13.5. The van der Waals surface area contributed by atoms with E-state index < -0.39 is 0 Å². The number of aromatic nitrogens is 2. The third kappa shape index (κ3) is 2.60. The fourth-order valence-electron chi connectivity index (χ4n) is 3.46. The Hall–Kier alpha value is -2.88. The lowest BCUT2D eigenvalue weighted by molar-refractivity contribution is 0.805. The van der Waals surface area contributed by atoms with E-state index in [4.69, 9.17) is 9.98 Å². The topological polar surface area (TPSA) is 56.3 Å². The number of nitrogens with zero attached hydrogens (tertiary/aromatic N) is 2. The SMILES string of the molecule is C1=CC2C=c3ccc([nH]3)=Cc3ccc([nH]3)CC3C=CC(=N3)CC1=N2. The summed E-state index contributed by atoms with van der Waals surface area (Å²) < 4.78 is 0. The molecule has 2 N–H and O–H groups in total. The molecule has 3 aliphatic rings. The molecule has 2 aromatic rings. The molecule has 5 heterocycles. The third-order valence-corrected chi connectivity index (χ3v) is 4.60. The minimum absolute atomic E-state index is 0.110. The summed E-state index contributed by atoms with van der Waals surface area (Å²) >= 11 is 0. The van der Waals surface area contributed by atoms with Gasteiger partial charge in [-0.15, -0.1) is 0 Å². The fraction of sp³-hybridized carbons (Fsp3) is 0.200. The number of aromatic amines is 2. The van der Waals surface area contributed by atoms with Crippen molar-refractivity contribution in [3.63, 3.8) is 0 Å². The van der Waals surface area contributed by atoms with Gasteiger partial charge in [-0.1, -0.05) is 12.2 Å². The van der Waals surface area contributed by atoms with Crippen LogP contribution in [-0.4, -0.2) is 33.5 Å². The van der Waals surface area contributed by atoms with Gasteiger partial charge >= 0.3 is 0 Å². The number of hydrogen-bond acceptors (Lipinski definition) is 2. The van der Waals surface area contributed by atoms with Crippen molar-refractivity contribution in [1.82, 2.24) is 9.97 Å². The standard InChI is InChI=1S/C20H18N4/c1-2-14-10-16-5-6-18(23-16)12-20-8-7-19(24-20)11-17-4-3-15(22-17)9-13(1)21-14/h1-10,15,20-21,23H,11-12H2. The summed E-state index contributed by atoms with van der Waals surface area (Å²) in [6.45, 7) is 0. The van der Waals surface area contributed by atoms with Gasteiger partial charge in [0.25, 0.3) is 0 Å². The van der Waals surface area contributed by atoms with Crippen molar-refractivity contribution in [2.24, 2.45) is 9.98 Å². The molecule has 8 bridgehead atoms. The Bertz CT molecular complexity index is 1030. The number of hydrogen-bond donors (Lipinski definition) is 2.